The van der Waals surface area contributed by atoms with Gasteiger partial charge in [-0.05, 0) is 13.3 Å². The summed E-state index contributed by atoms with van der Waals surface area (Å²) >= 11 is 0. The van der Waals surface area contributed by atoms with Crippen molar-refractivity contribution in [1.82, 2.24) is 0 Å². The Bertz CT molecular complexity index is 119. The van der Waals surface area contributed by atoms with Crippen molar-refractivity contribution in [3.63, 3.8) is 0 Å². The van der Waals surface area contributed by atoms with Crippen LogP contribution in [0.3, 0.4) is 0 Å². The van der Waals surface area contributed by atoms with Gasteiger partial charge in [0.1, 0.15) is 0 Å². The fraction of sp³-hybridized carbons (Fsp3) is 0.900. The molecule has 0 aliphatic carbocycles. The Morgan fingerprint density at radius 2 is 1.75 bits per heavy atom. The van der Waals surface area contributed by atoms with E-state index in [1.807, 2.05) is 20.8 Å². The molecule has 74 valence electrons. The third-order valence-electron chi connectivity index (χ3n) is 1.90. The predicted molar refractivity (Wildman–Crippen MR) is 55.8 cm³/mol. The summed E-state index contributed by atoms with van der Waals surface area (Å²) in [4.78, 5) is 4.08. The standard InChI is InChI=1S/C8H17NO.C2H6/c1-5-8(9-4)6(2)7(3)10;1-2/h6-7,10H,5H2,1-4H3;1-2H3/t6-,7+;/m0./s1. The molecule has 0 aliphatic rings. The van der Waals surface area contributed by atoms with Crippen molar-refractivity contribution in [2.75, 3.05) is 7.05 Å². The van der Waals surface area contributed by atoms with Gasteiger partial charge in [-0.3, -0.25) is 4.99 Å². The molecule has 1 N–H and O–H groups in total. The normalized spacial score (nSPS) is 16.1. The molecule has 0 unspecified atom stereocenters. The number of nitrogens with zero attached hydrogens (tertiary/aromatic N) is 1. The van der Waals surface area contributed by atoms with Crippen LogP contribution in [0, 0.1) is 5.92 Å². The molecule has 0 saturated heterocycles. The van der Waals surface area contributed by atoms with Crippen LogP contribution in [0.4, 0.5) is 0 Å². The second-order valence-electron chi connectivity index (χ2n) is 2.60. The summed E-state index contributed by atoms with van der Waals surface area (Å²) < 4.78 is 0. The van der Waals surface area contributed by atoms with E-state index in [1.54, 1.807) is 14.0 Å². The molecule has 0 radical (unpaired) electrons. The largest absolute Gasteiger partial charge is 0.393 e. The molecule has 0 saturated carbocycles. The van der Waals surface area contributed by atoms with Gasteiger partial charge in [-0.2, -0.15) is 0 Å². The second-order valence-corrected chi connectivity index (χ2v) is 2.60. The van der Waals surface area contributed by atoms with E-state index in [1.165, 1.54) is 0 Å². The van der Waals surface area contributed by atoms with Crippen molar-refractivity contribution in [2.45, 2.75) is 47.1 Å². The summed E-state index contributed by atoms with van der Waals surface area (Å²) in [6, 6.07) is 0. The molecular formula is C10H23NO. The van der Waals surface area contributed by atoms with Crippen LogP contribution in [0.5, 0.6) is 0 Å². The topological polar surface area (TPSA) is 32.6 Å². The van der Waals surface area contributed by atoms with Crippen LogP contribution in [-0.4, -0.2) is 24.0 Å². The highest BCUT2D eigenvalue weighted by atomic mass is 16.3. The fourth-order valence-electron chi connectivity index (χ4n) is 0.962. The van der Waals surface area contributed by atoms with Gasteiger partial charge in [-0.25, -0.2) is 0 Å². The highest BCUT2D eigenvalue weighted by Gasteiger charge is 2.12. The fourth-order valence-corrected chi connectivity index (χ4v) is 0.962. The third kappa shape index (κ3) is 5.30. The summed E-state index contributed by atoms with van der Waals surface area (Å²) in [6.45, 7) is 9.85. The molecule has 0 bridgehead atoms. The number of rotatable bonds is 3. The van der Waals surface area contributed by atoms with Crippen LogP contribution < -0.4 is 0 Å². The quantitative estimate of drug-likeness (QED) is 0.653. The zero-order chi connectivity index (χ0) is 10.1. The van der Waals surface area contributed by atoms with E-state index in [0.29, 0.717) is 0 Å². The minimum Gasteiger partial charge on any atom is -0.393 e. The Hall–Kier alpha value is -0.370. The minimum absolute atomic E-state index is 0.204. The lowest BCUT2D eigenvalue weighted by atomic mass is 9.98. The Morgan fingerprint density at radius 1 is 1.33 bits per heavy atom. The lowest BCUT2D eigenvalue weighted by Gasteiger charge is -2.15. The van der Waals surface area contributed by atoms with E-state index >= 15 is 0 Å². The molecule has 0 aromatic rings. The van der Waals surface area contributed by atoms with Gasteiger partial charge in [0.2, 0.25) is 0 Å². The lowest BCUT2D eigenvalue weighted by Crippen LogP contribution is -2.22. The molecule has 12 heavy (non-hydrogen) atoms. The maximum Gasteiger partial charge on any atom is 0.0589 e. The summed E-state index contributed by atoms with van der Waals surface area (Å²) in [5.41, 5.74) is 1.09. The molecule has 0 heterocycles. The van der Waals surface area contributed by atoms with Gasteiger partial charge in [-0.1, -0.05) is 27.7 Å². The van der Waals surface area contributed by atoms with Crippen molar-refractivity contribution in [1.29, 1.82) is 0 Å². The molecular weight excluding hydrogens is 150 g/mol. The molecule has 0 aromatic heterocycles. The van der Waals surface area contributed by atoms with Crippen LogP contribution >= 0.6 is 0 Å². The van der Waals surface area contributed by atoms with Gasteiger partial charge in [0, 0.05) is 18.7 Å². The maximum absolute atomic E-state index is 9.17. The molecule has 2 nitrogen and oxygen atoms in total. The zero-order valence-corrected chi connectivity index (χ0v) is 9.26. The van der Waals surface area contributed by atoms with Crippen LogP contribution in [0.1, 0.15) is 41.0 Å². The molecule has 2 heteroatoms. The molecule has 0 rings (SSSR count). The van der Waals surface area contributed by atoms with Gasteiger partial charge in [0.05, 0.1) is 6.10 Å². The van der Waals surface area contributed by atoms with Gasteiger partial charge in [0.15, 0.2) is 0 Å². The number of aliphatic hydroxyl groups is 1. The van der Waals surface area contributed by atoms with Crippen LogP contribution in [0.25, 0.3) is 0 Å². The number of hydrogen-bond donors (Lipinski definition) is 1. The van der Waals surface area contributed by atoms with E-state index < -0.39 is 0 Å². The monoisotopic (exact) mass is 173 g/mol. The number of hydrogen-bond acceptors (Lipinski definition) is 2. The molecule has 0 amide bonds. The van der Waals surface area contributed by atoms with Crippen LogP contribution in [-0.2, 0) is 0 Å². The van der Waals surface area contributed by atoms with Crippen LogP contribution in [0.2, 0.25) is 0 Å². The maximum atomic E-state index is 9.17. The summed E-state index contributed by atoms with van der Waals surface area (Å²) in [6.07, 6.45) is 0.654. The predicted octanol–water partition coefficient (Wildman–Crippen LogP) is 2.51. The van der Waals surface area contributed by atoms with Crippen molar-refractivity contribution in [2.24, 2.45) is 10.9 Å². The zero-order valence-electron chi connectivity index (χ0n) is 9.26. The lowest BCUT2D eigenvalue weighted by molar-refractivity contribution is 0.164. The van der Waals surface area contributed by atoms with Crippen molar-refractivity contribution >= 4 is 5.71 Å². The average Bonchev–Trinajstić information content (AvgIpc) is 2.10. The van der Waals surface area contributed by atoms with Crippen molar-refractivity contribution in [3.8, 4) is 0 Å². The highest BCUT2D eigenvalue weighted by Crippen LogP contribution is 2.07. The first-order chi connectivity index (χ1) is 5.63. The number of aliphatic hydroxyl groups excluding tert-OH is 1. The smallest absolute Gasteiger partial charge is 0.0589 e. The highest BCUT2D eigenvalue weighted by molar-refractivity contribution is 5.86. The Labute approximate surface area is 76.7 Å². The molecule has 2 atom stereocenters. The molecule has 0 fully saturated rings. The van der Waals surface area contributed by atoms with E-state index in [4.69, 9.17) is 0 Å². The minimum atomic E-state index is -0.279. The summed E-state index contributed by atoms with van der Waals surface area (Å²) in [7, 11) is 1.78. The second kappa shape index (κ2) is 8.72. The third-order valence-corrected chi connectivity index (χ3v) is 1.90. The first kappa shape index (κ1) is 14.2. The number of aliphatic imine (C=N–C) groups is 1. The Kier molecular flexibility index (Phi) is 10.3. The van der Waals surface area contributed by atoms with E-state index in [0.717, 1.165) is 12.1 Å². The van der Waals surface area contributed by atoms with E-state index in [2.05, 4.69) is 11.9 Å². The first-order valence-corrected chi connectivity index (χ1v) is 4.77. The van der Waals surface area contributed by atoms with Crippen molar-refractivity contribution < 1.29 is 5.11 Å². The SMILES string of the molecule is CC.CCC(=NC)[C@@H](C)[C@@H](C)O. The van der Waals surface area contributed by atoms with E-state index in [-0.39, 0.29) is 12.0 Å². The van der Waals surface area contributed by atoms with Gasteiger partial charge < -0.3 is 5.11 Å². The van der Waals surface area contributed by atoms with Crippen molar-refractivity contribution in [3.05, 3.63) is 0 Å². The Morgan fingerprint density at radius 3 is 1.83 bits per heavy atom. The van der Waals surface area contributed by atoms with E-state index in [9.17, 15) is 5.11 Å². The van der Waals surface area contributed by atoms with Crippen LogP contribution in [0.15, 0.2) is 4.99 Å². The molecule has 0 aliphatic heterocycles. The van der Waals surface area contributed by atoms with Gasteiger partial charge in [0.25, 0.3) is 0 Å². The van der Waals surface area contributed by atoms with Gasteiger partial charge >= 0.3 is 0 Å². The van der Waals surface area contributed by atoms with Gasteiger partial charge in [-0.15, -0.1) is 0 Å². The summed E-state index contributed by atoms with van der Waals surface area (Å²) in [5, 5.41) is 9.17. The first-order valence-electron chi connectivity index (χ1n) is 4.77. The molecule has 0 spiro atoms. The molecule has 0 aromatic carbocycles. The Balaban J connectivity index is 0. The summed E-state index contributed by atoms with van der Waals surface area (Å²) in [5.74, 6) is 0.204. The average molecular weight is 173 g/mol.